The number of fused-ring (bicyclic) bond motifs is 2. The predicted octanol–water partition coefficient (Wildman–Crippen LogP) is 2.84. The van der Waals surface area contributed by atoms with Crippen LogP contribution in [-0.4, -0.2) is 23.7 Å². The molecule has 0 radical (unpaired) electrons. The van der Waals surface area contributed by atoms with E-state index in [2.05, 4.69) is 5.32 Å². The largest absolute Gasteiger partial charge is 0.396 e. The Morgan fingerprint density at radius 1 is 1.36 bits per heavy atom. The number of aliphatic hydroxyl groups is 1. The van der Waals surface area contributed by atoms with Gasteiger partial charge in [0, 0.05) is 25.0 Å². The highest BCUT2D eigenvalue weighted by Gasteiger charge is 2.47. The van der Waals surface area contributed by atoms with Crippen LogP contribution in [-0.2, 0) is 4.79 Å². The van der Waals surface area contributed by atoms with Crippen LogP contribution in [0.5, 0.6) is 0 Å². The Morgan fingerprint density at radius 2 is 2.09 bits per heavy atom. The van der Waals surface area contributed by atoms with Crippen LogP contribution in [0.1, 0.15) is 44.1 Å². The number of aliphatic hydroxyl groups excluding tert-OH is 1. The van der Waals surface area contributed by atoms with E-state index in [1.165, 1.54) is 12.5 Å². The van der Waals surface area contributed by atoms with E-state index in [0.717, 1.165) is 12.8 Å². The highest BCUT2D eigenvalue weighted by Crippen LogP contribution is 2.48. The maximum atomic E-state index is 13.8. The van der Waals surface area contributed by atoms with E-state index in [1.54, 1.807) is 18.2 Å². The van der Waals surface area contributed by atoms with Crippen LogP contribution < -0.4 is 5.32 Å². The van der Waals surface area contributed by atoms with Crippen molar-refractivity contribution in [2.24, 2.45) is 17.8 Å². The van der Waals surface area contributed by atoms with E-state index >= 15 is 0 Å². The Kier molecular flexibility index (Phi) is 4.48. The van der Waals surface area contributed by atoms with Crippen LogP contribution >= 0.6 is 0 Å². The summed E-state index contributed by atoms with van der Waals surface area (Å²) in [4.78, 5) is 12.3. The molecule has 0 heterocycles. The Morgan fingerprint density at radius 3 is 2.82 bits per heavy atom. The summed E-state index contributed by atoms with van der Waals surface area (Å²) >= 11 is 0. The van der Waals surface area contributed by atoms with Gasteiger partial charge in [0.15, 0.2) is 0 Å². The zero-order valence-electron chi connectivity index (χ0n) is 13.0. The van der Waals surface area contributed by atoms with Gasteiger partial charge in [-0.05, 0) is 48.6 Å². The molecule has 1 aromatic rings. The number of hydrogen-bond donors (Lipinski definition) is 2. The third-order valence-corrected chi connectivity index (χ3v) is 5.55. The van der Waals surface area contributed by atoms with Crippen molar-refractivity contribution >= 4 is 5.91 Å². The van der Waals surface area contributed by atoms with Crippen LogP contribution in [0.25, 0.3) is 0 Å². The molecular formula is C18H24FNO2. The third-order valence-electron chi connectivity index (χ3n) is 5.55. The molecule has 5 atom stereocenters. The van der Waals surface area contributed by atoms with Gasteiger partial charge in [-0.3, -0.25) is 4.79 Å². The molecule has 2 aliphatic rings. The minimum Gasteiger partial charge on any atom is -0.396 e. The van der Waals surface area contributed by atoms with Crippen LogP contribution in [0.4, 0.5) is 4.39 Å². The number of halogens is 1. The topological polar surface area (TPSA) is 49.3 Å². The van der Waals surface area contributed by atoms with Gasteiger partial charge in [-0.15, -0.1) is 0 Å². The number of nitrogens with one attached hydrogen (secondary N) is 1. The van der Waals surface area contributed by atoms with Crippen LogP contribution in [0.3, 0.4) is 0 Å². The van der Waals surface area contributed by atoms with Gasteiger partial charge in [0.2, 0.25) is 5.91 Å². The Balaban J connectivity index is 1.60. The summed E-state index contributed by atoms with van der Waals surface area (Å²) in [5.74, 6) is 0.834. The van der Waals surface area contributed by atoms with Gasteiger partial charge in [-0.2, -0.15) is 0 Å². The number of amides is 1. The Hall–Kier alpha value is -1.42. The predicted molar refractivity (Wildman–Crippen MR) is 82.8 cm³/mol. The molecule has 2 N–H and O–H groups in total. The number of benzene rings is 1. The minimum atomic E-state index is -0.254. The molecule has 0 saturated heterocycles. The normalized spacial score (nSPS) is 31.2. The molecule has 2 saturated carbocycles. The first kappa shape index (κ1) is 15.5. The fraction of sp³-hybridized carbons (Fsp3) is 0.611. The van der Waals surface area contributed by atoms with E-state index < -0.39 is 0 Å². The van der Waals surface area contributed by atoms with Crippen molar-refractivity contribution in [3.8, 4) is 0 Å². The van der Waals surface area contributed by atoms with Gasteiger partial charge in [0.25, 0.3) is 0 Å². The molecule has 0 aliphatic heterocycles. The summed E-state index contributed by atoms with van der Waals surface area (Å²) in [6, 6.07) is 6.73. The first-order valence-corrected chi connectivity index (χ1v) is 8.24. The average molecular weight is 305 g/mol. The molecule has 4 heteroatoms. The van der Waals surface area contributed by atoms with Gasteiger partial charge < -0.3 is 10.4 Å². The van der Waals surface area contributed by atoms with Crippen molar-refractivity contribution < 1.29 is 14.3 Å². The summed E-state index contributed by atoms with van der Waals surface area (Å²) in [6.45, 7) is 2.03. The summed E-state index contributed by atoms with van der Waals surface area (Å²) < 4.78 is 13.8. The van der Waals surface area contributed by atoms with E-state index in [4.69, 9.17) is 0 Å². The highest BCUT2D eigenvalue weighted by atomic mass is 19.1. The first-order valence-electron chi connectivity index (χ1n) is 8.24. The number of carbonyl (C=O) groups is 1. The van der Waals surface area contributed by atoms with E-state index in [0.29, 0.717) is 17.4 Å². The zero-order chi connectivity index (χ0) is 15.7. The summed E-state index contributed by atoms with van der Waals surface area (Å²) in [6.07, 6.45) is 3.73. The summed E-state index contributed by atoms with van der Waals surface area (Å²) in [5, 5.41) is 12.7. The van der Waals surface area contributed by atoms with Crippen LogP contribution in [0.2, 0.25) is 0 Å². The summed E-state index contributed by atoms with van der Waals surface area (Å²) in [5.41, 5.74) is 0.587. The lowest BCUT2D eigenvalue weighted by atomic mass is 9.84. The second-order valence-electron chi connectivity index (χ2n) is 6.90. The fourth-order valence-corrected chi connectivity index (χ4v) is 4.41. The van der Waals surface area contributed by atoms with Gasteiger partial charge in [0.1, 0.15) is 5.82 Å². The van der Waals surface area contributed by atoms with Gasteiger partial charge in [-0.25, -0.2) is 4.39 Å². The lowest BCUT2D eigenvalue weighted by Gasteiger charge is -2.30. The molecule has 1 aromatic carbocycles. The lowest BCUT2D eigenvalue weighted by Crippen LogP contribution is -2.45. The smallest absolute Gasteiger partial charge is 0.220 e. The van der Waals surface area contributed by atoms with Gasteiger partial charge in [-0.1, -0.05) is 25.1 Å². The maximum absolute atomic E-state index is 13.8. The molecule has 2 fully saturated rings. The van der Waals surface area contributed by atoms with Crippen molar-refractivity contribution in [3.05, 3.63) is 35.6 Å². The van der Waals surface area contributed by atoms with Crippen molar-refractivity contribution in [1.29, 1.82) is 0 Å². The molecule has 3 rings (SSSR count). The fourth-order valence-electron chi connectivity index (χ4n) is 4.41. The number of rotatable bonds is 5. The molecule has 22 heavy (non-hydrogen) atoms. The van der Waals surface area contributed by atoms with Crippen molar-refractivity contribution in [1.82, 2.24) is 5.32 Å². The molecule has 120 valence electrons. The molecular weight excluding hydrogens is 281 g/mol. The molecule has 3 nitrogen and oxygen atoms in total. The molecule has 2 bridgehead atoms. The Bertz CT molecular complexity index is 548. The zero-order valence-corrected chi connectivity index (χ0v) is 13.0. The quantitative estimate of drug-likeness (QED) is 0.879. The SMILES string of the molecule is CC(CC(=O)NC1C2CCC(C2)C1CO)c1ccccc1F. The second-order valence-corrected chi connectivity index (χ2v) is 6.90. The van der Waals surface area contributed by atoms with Crippen molar-refractivity contribution in [2.75, 3.05) is 6.61 Å². The molecule has 0 spiro atoms. The van der Waals surface area contributed by atoms with Gasteiger partial charge in [0.05, 0.1) is 0 Å². The van der Waals surface area contributed by atoms with Gasteiger partial charge >= 0.3 is 0 Å². The number of carbonyl (C=O) groups excluding carboxylic acids is 1. The van der Waals surface area contributed by atoms with Crippen molar-refractivity contribution in [3.63, 3.8) is 0 Å². The van der Waals surface area contributed by atoms with E-state index in [-0.39, 0.29) is 42.6 Å². The average Bonchev–Trinajstić information content (AvgIpc) is 3.08. The van der Waals surface area contributed by atoms with Crippen molar-refractivity contribution in [2.45, 2.75) is 44.6 Å². The molecule has 1 amide bonds. The van der Waals surface area contributed by atoms with E-state index in [9.17, 15) is 14.3 Å². The lowest BCUT2D eigenvalue weighted by molar-refractivity contribution is -0.123. The van der Waals surface area contributed by atoms with Crippen LogP contribution in [0.15, 0.2) is 24.3 Å². The second kappa shape index (κ2) is 6.37. The molecule has 5 unspecified atom stereocenters. The summed E-state index contributed by atoms with van der Waals surface area (Å²) in [7, 11) is 0. The molecule has 0 aromatic heterocycles. The number of hydrogen-bond acceptors (Lipinski definition) is 2. The van der Waals surface area contributed by atoms with Crippen LogP contribution in [0, 0.1) is 23.6 Å². The Labute approximate surface area is 130 Å². The standard InChI is InChI=1S/C18H24FNO2/c1-11(14-4-2-3-5-16(14)19)8-17(22)20-18-13-7-6-12(9-13)15(18)10-21/h2-5,11-13,15,18,21H,6-10H2,1H3,(H,20,22). The minimum absolute atomic E-state index is 0.0354. The first-order chi connectivity index (χ1) is 10.6. The third kappa shape index (κ3) is 2.89. The van der Waals surface area contributed by atoms with E-state index in [1.807, 2.05) is 6.92 Å². The molecule has 2 aliphatic carbocycles. The highest BCUT2D eigenvalue weighted by molar-refractivity contribution is 5.77. The monoisotopic (exact) mass is 305 g/mol. The maximum Gasteiger partial charge on any atom is 0.220 e.